The van der Waals surface area contributed by atoms with Crippen molar-refractivity contribution in [2.45, 2.75) is 6.92 Å². The standard InChI is InChI=1S/C10H9N3O2S/c1-6(15)12-10-13-8-3-2-7(11-5-14)4-9(8)16-10/h2-5H,1H3,(H,11,14)(H,12,13,15). The Morgan fingerprint density at radius 2 is 2.31 bits per heavy atom. The van der Waals surface area contributed by atoms with E-state index in [0.717, 1.165) is 10.2 Å². The molecular weight excluding hydrogens is 226 g/mol. The zero-order valence-electron chi connectivity index (χ0n) is 8.48. The van der Waals surface area contributed by atoms with E-state index in [1.54, 1.807) is 12.1 Å². The Hall–Kier alpha value is -1.95. The van der Waals surface area contributed by atoms with Crippen molar-refractivity contribution in [3.63, 3.8) is 0 Å². The number of nitrogens with zero attached hydrogens (tertiary/aromatic N) is 1. The number of benzene rings is 1. The fourth-order valence-electron chi connectivity index (χ4n) is 1.29. The molecule has 1 aromatic heterocycles. The Kier molecular flexibility index (Phi) is 2.82. The number of thiazole rings is 1. The number of carbonyl (C=O) groups excluding carboxylic acids is 2. The molecule has 2 amide bonds. The highest BCUT2D eigenvalue weighted by atomic mass is 32.1. The van der Waals surface area contributed by atoms with Crippen LogP contribution in [0.25, 0.3) is 10.2 Å². The number of hydrogen-bond acceptors (Lipinski definition) is 4. The second-order valence-electron chi connectivity index (χ2n) is 3.14. The second-order valence-corrected chi connectivity index (χ2v) is 4.18. The molecule has 0 aliphatic rings. The van der Waals surface area contributed by atoms with Crippen LogP contribution in [-0.2, 0) is 9.59 Å². The van der Waals surface area contributed by atoms with Crippen LogP contribution < -0.4 is 10.6 Å². The van der Waals surface area contributed by atoms with Crippen molar-refractivity contribution in [2.75, 3.05) is 10.6 Å². The van der Waals surface area contributed by atoms with E-state index in [0.29, 0.717) is 17.2 Å². The average molecular weight is 235 g/mol. The number of carbonyl (C=O) groups is 2. The van der Waals surface area contributed by atoms with Crippen LogP contribution in [-0.4, -0.2) is 17.3 Å². The number of fused-ring (bicyclic) bond motifs is 1. The van der Waals surface area contributed by atoms with Gasteiger partial charge in [0.2, 0.25) is 12.3 Å². The number of nitrogens with one attached hydrogen (secondary N) is 2. The molecule has 0 radical (unpaired) electrons. The molecule has 16 heavy (non-hydrogen) atoms. The maximum atomic E-state index is 10.9. The lowest BCUT2D eigenvalue weighted by atomic mass is 10.3. The smallest absolute Gasteiger partial charge is 0.223 e. The minimum absolute atomic E-state index is 0.148. The van der Waals surface area contributed by atoms with Crippen molar-refractivity contribution >= 4 is 44.7 Å². The summed E-state index contributed by atoms with van der Waals surface area (Å²) >= 11 is 1.37. The number of rotatable bonds is 3. The van der Waals surface area contributed by atoms with Crippen LogP contribution in [0, 0.1) is 0 Å². The first-order chi connectivity index (χ1) is 7.69. The summed E-state index contributed by atoms with van der Waals surface area (Å²) in [5.41, 5.74) is 1.51. The Labute approximate surface area is 95.5 Å². The summed E-state index contributed by atoms with van der Waals surface area (Å²) in [6, 6.07) is 5.36. The van der Waals surface area contributed by atoms with Crippen LogP contribution in [0.5, 0.6) is 0 Å². The van der Waals surface area contributed by atoms with Gasteiger partial charge in [-0.3, -0.25) is 9.59 Å². The zero-order valence-corrected chi connectivity index (χ0v) is 9.30. The Morgan fingerprint density at radius 3 is 3.00 bits per heavy atom. The Balaban J connectivity index is 2.37. The van der Waals surface area contributed by atoms with Crippen molar-refractivity contribution in [1.29, 1.82) is 0 Å². The van der Waals surface area contributed by atoms with Crippen molar-refractivity contribution in [1.82, 2.24) is 4.98 Å². The first-order valence-corrected chi connectivity index (χ1v) is 5.39. The third kappa shape index (κ3) is 2.17. The van der Waals surface area contributed by atoms with E-state index in [-0.39, 0.29) is 5.91 Å². The molecule has 0 atom stereocenters. The minimum atomic E-state index is -0.148. The summed E-state index contributed by atoms with van der Waals surface area (Å²) in [4.78, 5) is 25.4. The van der Waals surface area contributed by atoms with E-state index in [1.165, 1.54) is 18.3 Å². The number of amides is 2. The van der Waals surface area contributed by atoms with Gasteiger partial charge < -0.3 is 10.6 Å². The van der Waals surface area contributed by atoms with Gasteiger partial charge in [-0.1, -0.05) is 11.3 Å². The van der Waals surface area contributed by atoms with Crippen LogP contribution in [0.2, 0.25) is 0 Å². The summed E-state index contributed by atoms with van der Waals surface area (Å²) in [6.07, 6.45) is 0.622. The summed E-state index contributed by atoms with van der Waals surface area (Å²) < 4.78 is 0.913. The molecule has 6 heteroatoms. The third-order valence-electron chi connectivity index (χ3n) is 1.90. The molecule has 2 rings (SSSR count). The predicted molar refractivity (Wildman–Crippen MR) is 63.6 cm³/mol. The first kappa shape index (κ1) is 10.6. The molecule has 2 N–H and O–H groups in total. The molecule has 2 aromatic rings. The highest BCUT2D eigenvalue weighted by molar-refractivity contribution is 7.22. The molecule has 0 unspecified atom stereocenters. The lowest BCUT2D eigenvalue weighted by Crippen LogP contribution is -2.04. The quantitative estimate of drug-likeness (QED) is 0.797. The second kappa shape index (κ2) is 4.28. The van der Waals surface area contributed by atoms with Gasteiger partial charge in [-0.05, 0) is 18.2 Å². The van der Waals surface area contributed by atoms with Gasteiger partial charge in [0, 0.05) is 12.6 Å². The van der Waals surface area contributed by atoms with Gasteiger partial charge in [0.25, 0.3) is 0 Å². The first-order valence-electron chi connectivity index (χ1n) is 4.57. The van der Waals surface area contributed by atoms with E-state index in [9.17, 15) is 9.59 Å². The summed E-state index contributed by atoms with van der Waals surface area (Å²) in [7, 11) is 0. The molecule has 0 aliphatic heterocycles. The minimum Gasteiger partial charge on any atom is -0.329 e. The van der Waals surface area contributed by atoms with E-state index < -0.39 is 0 Å². The van der Waals surface area contributed by atoms with Crippen molar-refractivity contribution in [3.05, 3.63) is 18.2 Å². The average Bonchev–Trinajstić information content (AvgIpc) is 2.58. The van der Waals surface area contributed by atoms with Gasteiger partial charge in [0.05, 0.1) is 10.2 Å². The molecule has 5 nitrogen and oxygen atoms in total. The number of anilines is 2. The van der Waals surface area contributed by atoms with E-state index in [4.69, 9.17) is 0 Å². The highest BCUT2D eigenvalue weighted by Crippen LogP contribution is 2.28. The number of hydrogen-bond donors (Lipinski definition) is 2. The van der Waals surface area contributed by atoms with Crippen LogP contribution in [0.3, 0.4) is 0 Å². The van der Waals surface area contributed by atoms with Crippen LogP contribution in [0.4, 0.5) is 10.8 Å². The maximum absolute atomic E-state index is 10.9. The molecule has 0 aliphatic carbocycles. The molecule has 1 aromatic carbocycles. The van der Waals surface area contributed by atoms with Gasteiger partial charge in [-0.15, -0.1) is 0 Å². The van der Waals surface area contributed by atoms with Crippen LogP contribution in [0.15, 0.2) is 18.2 Å². The SMILES string of the molecule is CC(=O)Nc1nc2ccc(NC=O)cc2s1. The predicted octanol–water partition coefficient (Wildman–Crippen LogP) is 1.82. The Bertz CT molecular complexity index is 550. The summed E-state index contributed by atoms with van der Waals surface area (Å²) in [5.74, 6) is -0.148. The monoisotopic (exact) mass is 235 g/mol. The lowest BCUT2D eigenvalue weighted by molar-refractivity contribution is -0.114. The summed E-state index contributed by atoms with van der Waals surface area (Å²) in [6.45, 7) is 1.44. The van der Waals surface area contributed by atoms with Gasteiger partial charge in [0.1, 0.15) is 0 Å². The maximum Gasteiger partial charge on any atom is 0.223 e. The van der Waals surface area contributed by atoms with Crippen LogP contribution in [0.1, 0.15) is 6.92 Å². The van der Waals surface area contributed by atoms with Gasteiger partial charge >= 0.3 is 0 Å². The molecule has 1 heterocycles. The highest BCUT2D eigenvalue weighted by Gasteiger charge is 2.05. The summed E-state index contributed by atoms with van der Waals surface area (Å²) in [5, 5.41) is 5.75. The molecule has 0 saturated heterocycles. The Morgan fingerprint density at radius 1 is 1.50 bits per heavy atom. The lowest BCUT2D eigenvalue weighted by Gasteiger charge is -1.95. The van der Waals surface area contributed by atoms with Crippen LogP contribution >= 0.6 is 11.3 Å². The normalized spacial score (nSPS) is 10.1. The third-order valence-corrected chi connectivity index (χ3v) is 2.83. The van der Waals surface area contributed by atoms with Gasteiger partial charge in [0.15, 0.2) is 5.13 Å². The largest absolute Gasteiger partial charge is 0.329 e. The topological polar surface area (TPSA) is 71.1 Å². The molecule has 0 bridgehead atoms. The molecule has 0 saturated carbocycles. The van der Waals surface area contributed by atoms with E-state index in [2.05, 4.69) is 15.6 Å². The molecular formula is C10H9N3O2S. The zero-order chi connectivity index (χ0) is 11.5. The number of aromatic nitrogens is 1. The molecule has 0 spiro atoms. The van der Waals surface area contributed by atoms with Crippen molar-refractivity contribution in [2.24, 2.45) is 0 Å². The molecule has 0 fully saturated rings. The van der Waals surface area contributed by atoms with Crippen molar-refractivity contribution in [3.8, 4) is 0 Å². The fourth-order valence-corrected chi connectivity index (χ4v) is 2.24. The van der Waals surface area contributed by atoms with Gasteiger partial charge in [-0.25, -0.2) is 4.98 Å². The molecule has 82 valence electrons. The van der Waals surface area contributed by atoms with E-state index >= 15 is 0 Å². The van der Waals surface area contributed by atoms with Crippen molar-refractivity contribution < 1.29 is 9.59 Å². The van der Waals surface area contributed by atoms with Gasteiger partial charge in [-0.2, -0.15) is 0 Å². The fraction of sp³-hybridized carbons (Fsp3) is 0.100. The van der Waals surface area contributed by atoms with E-state index in [1.807, 2.05) is 6.07 Å².